The van der Waals surface area contributed by atoms with Gasteiger partial charge < -0.3 is 9.30 Å². The first-order chi connectivity index (χ1) is 10.1. The Morgan fingerprint density at radius 1 is 1.43 bits per heavy atom. The van der Waals surface area contributed by atoms with Crippen LogP contribution in [0.15, 0.2) is 36.7 Å². The van der Waals surface area contributed by atoms with Gasteiger partial charge >= 0.3 is 0 Å². The van der Waals surface area contributed by atoms with Crippen LogP contribution in [0.4, 0.5) is 0 Å². The van der Waals surface area contributed by atoms with Gasteiger partial charge in [-0.25, -0.2) is 10.5 Å². The number of carbonyl (C=O) groups is 1. The number of ether oxygens (including phenoxy) is 1. The van der Waals surface area contributed by atoms with E-state index >= 15 is 0 Å². The highest BCUT2D eigenvalue weighted by Crippen LogP contribution is 2.16. The summed E-state index contributed by atoms with van der Waals surface area (Å²) in [6.07, 6.45) is 2.77. The van der Waals surface area contributed by atoms with Crippen LogP contribution in [-0.4, -0.2) is 21.6 Å². The molecule has 6 nitrogen and oxygen atoms in total. The lowest BCUT2D eigenvalue weighted by atomic mass is 10.3. The summed E-state index contributed by atoms with van der Waals surface area (Å²) in [5.41, 5.74) is 2.34. The van der Waals surface area contributed by atoms with E-state index in [1.165, 1.54) is 0 Å². The summed E-state index contributed by atoms with van der Waals surface area (Å²) in [5, 5.41) is 0.609. The SMILES string of the molecule is CC(Oc1ccc(Cl)cc1)C(=O)NOCc1nccn1C. The van der Waals surface area contributed by atoms with Crippen LogP contribution in [0.3, 0.4) is 0 Å². The molecule has 1 unspecified atom stereocenters. The molecule has 0 saturated carbocycles. The standard InChI is InChI=1S/C14H16ClN3O3/c1-10(21-12-5-3-11(15)4-6-12)14(19)17-20-9-13-16-7-8-18(13)2/h3-8,10H,9H2,1-2H3,(H,17,19). The summed E-state index contributed by atoms with van der Waals surface area (Å²) in [4.78, 5) is 21.0. The summed E-state index contributed by atoms with van der Waals surface area (Å²) < 4.78 is 7.28. The molecule has 21 heavy (non-hydrogen) atoms. The molecule has 112 valence electrons. The van der Waals surface area contributed by atoms with Gasteiger partial charge in [0.15, 0.2) is 6.10 Å². The van der Waals surface area contributed by atoms with E-state index in [1.807, 2.05) is 7.05 Å². The fourth-order valence-corrected chi connectivity index (χ4v) is 1.69. The Kier molecular flexibility index (Phi) is 5.19. The number of aryl methyl sites for hydroxylation is 1. The molecule has 0 fully saturated rings. The quantitative estimate of drug-likeness (QED) is 0.830. The first kappa shape index (κ1) is 15.3. The molecule has 0 spiro atoms. The van der Waals surface area contributed by atoms with Crippen LogP contribution in [0.25, 0.3) is 0 Å². The molecule has 1 atom stereocenters. The molecule has 0 aliphatic carbocycles. The van der Waals surface area contributed by atoms with Crippen molar-refractivity contribution in [3.8, 4) is 5.75 Å². The molecule has 0 saturated heterocycles. The van der Waals surface area contributed by atoms with E-state index in [0.29, 0.717) is 16.6 Å². The molecule has 1 aromatic carbocycles. The van der Waals surface area contributed by atoms with Crippen LogP contribution < -0.4 is 10.2 Å². The van der Waals surface area contributed by atoms with Crippen molar-refractivity contribution >= 4 is 17.5 Å². The van der Waals surface area contributed by atoms with Crippen molar-refractivity contribution < 1.29 is 14.4 Å². The number of hydroxylamine groups is 1. The van der Waals surface area contributed by atoms with E-state index in [9.17, 15) is 4.79 Å². The maximum atomic E-state index is 11.8. The van der Waals surface area contributed by atoms with E-state index in [1.54, 1.807) is 48.1 Å². The number of nitrogens with zero attached hydrogens (tertiary/aromatic N) is 2. The molecule has 1 N–H and O–H groups in total. The Labute approximate surface area is 127 Å². The van der Waals surface area contributed by atoms with Gasteiger partial charge in [-0.05, 0) is 31.2 Å². The molecule has 0 aliphatic rings. The fraction of sp³-hybridized carbons (Fsp3) is 0.286. The summed E-state index contributed by atoms with van der Waals surface area (Å²) >= 11 is 5.78. The number of aromatic nitrogens is 2. The first-order valence-electron chi connectivity index (χ1n) is 6.36. The van der Waals surface area contributed by atoms with Gasteiger partial charge in [0.2, 0.25) is 0 Å². The average molecular weight is 310 g/mol. The molecule has 1 aromatic heterocycles. The van der Waals surface area contributed by atoms with Gasteiger partial charge in [0, 0.05) is 24.5 Å². The van der Waals surface area contributed by atoms with E-state index in [0.717, 1.165) is 0 Å². The van der Waals surface area contributed by atoms with Gasteiger partial charge in [-0.1, -0.05) is 11.6 Å². The third-order valence-electron chi connectivity index (χ3n) is 2.79. The Balaban J connectivity index is 1.77. The normalized spacial score (nSPS) is 12.0. The highest BCUT2D eigenvalue weighted by Gasteiger charge is 2.15. The van der Waals surface area contributed by atoms with Gasteiger partial charge in [-0.3, -0.25) is 9.63 Å². The molecule has 1 heterocycles. The maximum Gasteiger partial charge on any atom is 0.284 e. The number of hydrogen-bond acceptors (Lipinski definition) is 4. The molecule has 2 aromatic rings. The summed E-state index contributed by atoms with van der Waals surface area (Å²) in [6, 6.07) is 6.78. The van der Waals surface area contributed by atoms with Crippen molar-refractivity contribution in [2.45, 2.75) is 19.6 Å². The minimum Gasteiger partial charge on any atom is -0.481 e. The second-order valence-electron chi connectivity index (χ2n) is 4.42. The highest BCUT2D eigenvalue weighted by molar-refractivity contribution is 6.30. The molecular formula is C14H16ClN3O3. The van der Waals surface area contributed by atoms with Gasteiger partial charge in [0.25, 0.3) is 5.91 Å². The number of benzene rings is 1. The van der Waals surface area contributed by atoms with E-state index < -0.39 is 6.10 Å². The smallest absolute Gasteiger partial charge is 0.284 e. The van der Waals surface area contributed by atoms with Gasteiger partial charge in [0.1, 0.15) is 18.2 Å². The number of imidazole rings is 1. The minimum absolute atomic E-state index is 0.183. The minimum atomic E-state index is -0.687. The van der Waals surface area contributed by atoms with Crippen molar-refractivity contribution in [3.05, 3.63) is 47.5 Å². The molecule has 0 aliphatic heterocycles. The zero-order valence-electron chi connectivity index (χ0n) is 11.7. The van der Waals surface area contributed by atoms with Crippen LogP contribution in [0, 0.1) is 0 Å². The predicted molar refractivity (Wildman–Crippen MR) is 77.7 cm³/mol. The third kappa shape index (κ3) is 4.47. The number of halogens is 1. The second kappa shape index (κ2) is 7.10. The van der Waals surface area contributed by atoms with Crippen LogP contribution in [-0.2, 0) is 23.3 Å². The van der Waals surface area contributed by atoms with Crippen molar-refractivity contribution in [2.75, 3.05) is 0 Å². The summed E-state index contributed by atoms with van der Waals surface area (Å²) in [7, 11) is 1.85. The topological polar surface area (TPSA) is 65.4 Å². The fourth-order valence-electron chi connectivity index (χ4n) is 1.56. The Bertz CT molecular complexity index is 598. The Morgan fingerprint density at radius 2 is 2.14 bits per heavy atom. The van der Waals surface area contributed by atoms with E-state index in [-0.39, 0.29) is 12.5 Å². The number of carbonyl (C=O) groups excluding carboxylic acids is 1. The number of hydrogen-bond donors (Lipinski definition) is 1. The Morgan fingerprint density at radius 3 is 2.76 bits per heavy atom. The molecular weight excluding hydrogens is 294 g/mol. The number of rotatable bonds is 6. The highest BCUT2D eigenvalue weighted by atomic mass is 35.5. The third-order valence-corrected chi connectivity index (χ3v) is 3.04. The maximum absolute atomic E-state index is 11.8. The van der Waals surface area contributed by atoms with E-state index in [2.05, 4.69) is 10.5 Å². The molecule has 7 heteroatoms. The largest absolute Gasteiger partial charge is 0.481 e. The van der Waals surface area contributed by atoms with Crippen LogP contribution in [0.2, 0.25) is 5.02 Å². The van der Waals surface area contributed by atoms with Gasteiger partial charge in [-0.15, -0.1) is 0 Å². The average Bonchev–Trinajstić information content (AvgIpc) is 2.87. The lowest BCUT2D eigenvalue weighted by molar-refractivity contribution is -0.141. The van der Waals surface area contributed by atoms with Crippen molar-refractivity contribution in [3.63, 3.8) is 0 Å². The molecule has 1 amide bonds. The van der Waals surface area contributed by atoms with Crippen molar-refractivity contribution in [1.29, 1.82) is 0 Å². The molecule has 0 radical (unpaired) electrons. The monoisotopic (exact) mass is 309 g/mol. The second-order valence-corrected chi connectivity index (χ2v) is 4.86. The molecule has 0 bridgehead atoms. The van der Waals surface area contributed by atoms with Gasteiger partial charge in [-0.2, -0.15) is 0 Å². The predicted octanol–water partition coefficient (Wildman–Crippen LogP) is 2.09. The number of amides is 1. The van der Waals surface area contributed by atoms with Crippen LogP contribution in [0.5, 0.6) is 5.75 Å². The van der Waals surface area contributed by atoms with Crippen molar-refractivity contribution in [2.24, 2.45) is 7.05 Å². The zero-order chi connectivity index (χ0) is 15.2. The lowest BCUT2D eigenvalue weighted by Gasteiger charge is -2.14. The zero-order valence-corrected chi connectivity index (χ0v) is 12.5. The van der Waals surface area contributed by atoms with Crippen LogP contribution >= 0.6 is 11.6 Å². The lowest BCUT2D eigenvalue weighted by Crippen LogP contribution is -2.36. The Hall–Kier alpha value is -2.05. The van der Waals surface area contributed by atoms with Gasteiger partial charge in [0.05, 0.1) is 0 Å². The van der Waals surface area contributed by atoms with E-state index in [4.69, 9.17) is 21.2 Å². The molecule has 2 rings (SSSR count). The van der Waals surface area contributed by atoms with Crippen molar-refractivity contribution in [1.82, 2.24) is 15.0 Å². The summed E-state index contributed by atoms with van der Waals surface area (Å²) in [5.74, 6) is 0.895. The first-order valence-corrected chi connectivity index (χ1v) is 6.74. The number of nitrogens with one attached hydrogen (secondary N) is 1. The summed E-state index contributed by atoms with van der Waals surface area (Å²) in [6.45, 7) is 1.82. The van der Waals surface area contributed by atoms with Crippen LogP contribution in [0.1, 0.15) is 12.7 Å².